The van der Waals surface area contributed by atoms with Crippen molar-refractivity contribution in [2.75, 3.05) is 5.73 Å². The molecule has 1 rings (SSSR count). The first-order valence-electron chi connectivity index (χ1n) is 2.26. The van der Waals surface area contributed by atoms with Gasteiger partial charge in [0.25, 0.3) is 0 Å². The van der Waals surface area contributed by atoms with Crippen LogP contribution in [0.15, 0.2) is 12.3 Å². The first-order chi connectivity index (χ1) is 4.20. The summed E-state index contributed by atoms with van der Waals surface area (Å²) in [7, 11) is 0. The zero-order valence-corrected chi connectivity index (χ0v) is 6.42. The lowest BCUT2D eigenvalue weighted by atomic mass is 10.4. The van der Waals surface area contributed by atoms with Gasteiger partial charge < -0.3 is 5.73 Å². The first-order valence-corrected chi connectivity index (χ1v) is 2.64. The number of anilines is 1. The molecule has 0 unspecified atom stereocenters. The predicted octanol–water partition coefficient (Wildman–Crippen LogP) is 1.88. The lowest BCUT2D eigenvalue weighted by Crippen LogP contribution is -1.88. The van der Waals surface area contributed by atoms with E-state index in [1.165, 1.54) is 6.20 Å². The Balaban J connectivity index is 0.000000810. The Morgan fingerprint density at radius 1 is 1.60 bits per heavy atom. The van der Waals surface area contributed by atoms with Crippen LogP contribution in [-0.2, 0) is 0 Å². The number of nitrogens with two attached hydrogens (primary N) is 1. The van der Waals surface area contributed by atoms with Crippen LogP contribution in [-0.4, -0.2) is 4.98 Å². The van der Waals surface area contributed by atoms with Crippen LogP contribution in [0.25, 0.3) is 0 Å². The molecule has 0 saturated heterocycles. The highest BCUT2D eigenvalue weighted by Crippen LogP contribution is 2.12. The van der Waals surface area contributed by atoms with Gasteiger partial charge in [-0.25, -0.2) is 9.37 Å². The number of halogens is 3. The highest BCUT2D eigenvalue weighted by Gasteiger charge is 1.97. The van der Waals surface area contributed by atoms with E-state index in [-0.39, 0.29) is 23.2 Å². The minimum atomic E-state index is -0.586. The Morgan fingerprint density at radius 3 is 2.60 bits per heavy atom. The maximum absolute atomic E-state index is 12.3. The molecule has 0 spiro atoms. The zero-order chi connectivity index (χ0) is 6.85. The van der Waals surface area contributed by atoms with E-state index in [0.717, 1.165) is 6.07 Å². The van der Waals surface area contributed by atoms with Gasteiger partial charge in [0, 0.05) is 6.07 Å². The van der Waals surface area contributed by atoms with Crippen molar-refractivity contribution in [2.24, 2.45) is 0 Å². The van der Waals surface area contributed by atoms with E-state index >= 15 is 0 Å². The van der Waals surface area contributed by atoms with Crippen LogP contribution >= 0.6 is 24.0 Å². The molecule has 0 saturated carbocycles. The number of nitrogens with zero attached hydrogens (tertiary/aromatic N) is 1. The number of pyridine rings is 1. The molecule has 56 valence electrons. The summed E-state index contributed by atoms with van der Waals surface area (Å²) in [4.78, 5) is 3.44. The van der Waals surface area contributed by atoms with E-state index < -0.39 is 5.82 Å². The second kappa shape index (κ2) is 3.58. The van der Waals surface area contributed by atoms with Gasteiger partial charge in [-0.15, -0.1) is 12.4 Å². The molecule has 1 heterocycles. The van der Waals surface area contributed by atoms with Crippen LogP contribution < -0.4 is 5.73 Å². The lowest BCUT2D eigenvalue weighted by molar-refractivity contribution is 0.623. The second-order valence-corrected chi connectivity index (χ2v) is 1.90. The van der Waals surface area contributed by atoms with Crippen LogP contribution in [0.5, 0.6) is 0 Å². The number of hydrogen-bond acceptors (Lipinski definition) is 2. The quantitative estimate of drug-likeness (QED) is 0.623. The van der Waals surface area contributed by atoms with E-state index in [0.29, 0.717) is 0 Å². The van der Waals surface area contributed by atoms with Crippen molar-refractivity contribution in [3.8, 4) is 0 Å². The van der Waals surface area contributed by atoms with Gasteiger partial charge in [-0.3, -0.25) is 0 Å². The van der Waals surface area contributed by atoms with Crippen molar-refractivity contribution < 1.29 is 4.39 Å². The van der Waals surface area contributed by atoms with Crippen molar-refractivity contribution in [1.29, 1.82) is 0 Å². The molecule has 0 atom stereocenters. The topological polar surface area (TPSA) is 38.9 Å². The number of rotatable bonds is 0. The minimum absolute atomic E-state index is 0. The average Bonchev–Trinajstić information content (AvgIpc) is 1.80. The fourth-order valence-electron chi connectivity index (χ4n) is 0.436. The molecule has 2 nitrogen and oxygen atoms in total. The number of nitrogen functional groups attached to an aromatic ring is 1. The van der Waals surface area contributed by atoms with Crippen molar-refractivity contribution >= 4 is 29.7 Å². The molecule has 0 radical (unpaired) electrons. The highest BCUT2D eigenvalue weighted by molar-refractivity contribution is 6.29. The van der Waals surface area contributed by atoms with Crippen molar-refractivity contribution in [2.45, 2.75) is 0 Å². The molecule has 0 aliphatic carbocycles. The molecule has 0 bridgehead atoms. The van der Waals surface area contributed by atoms with E-state index in [4.69, 9.17) is 17.3 Å². The van der Waals surface area contributed by atoms with Gasteiger partial charge in [-0.1, -0.05) is 11.6 Å². The fraction of sp³-hybridized carbons (Fsp3) is 0. The first kappa shape index (κ1) is 9.46. The summed E-state index contributed by atoms with van der Waals surface area (Å²) in [6.07, 6.45) is 1.30. The largest absolute Gasteiger partial charge is 0.397 e. The van der Waals surface area contributed by atoms with Gasteiger partial charge in [0.1, 0.15) is 0 Å². The van der Waals surface area contributed by atoms with Gasteiger partial charge in [-0.05, 0) is 0 Å². The number of aromatic nitrogens is 1. The van der Waals surface area contributed by atoms with E-state index in [9.17, 15) is 4.39 Å². The molecule has 2 N–H and O–H groups in total. The Labute approximate surface area is 68.6 Å². The van der Waals surface area contributed by atoms with Gasteiger partial charge >= 0.3 is 0 Å². The molecular formula is C5H5Cl2FN2. The molecule has 10 heavy (non-hydrogen) atoms. The van der Waals surface area contributed by atoms with E-state index in [2.05, 4.69) is 4.98 Å². The summed E-state index contributed by atoms with van der Waals surface area (Å²) >= 11 is 5.24. The van der Waals surface area contributed by atoms with Crippen LogP contribution in [0.1, 0.15) is 0 Å². The van der Waals surface area contributed by atoms with E-state index in [1.54, 1.807) is 0 Å². The molecule has 0 aliphatic heterocycles. The van der Waals surface area contributed by atoms with Crippen LogP contribution in [0.2, 0.25) is 5.15 Å². The normalized spacial score (nSPS) is 8.60. The Morgan fingerprint density at radius 2 is 2.20 bits per heavy atom. The predicted molar refractivity (Wildman–Crippen MR) is 40.9 cm³/mol. The zero-order valence-electron chi connectivity index (χ0n) is 4.84. The van der Waals surface area contributed by atoms with Crippen LogP contribution in [0, 0.1) is 5.82 Å². The smallest absolute Gasteiger partial charge is 0.164 e. The third-order valence-electron chi connectivity index (χ3n) is 0.817. The summed E-state index contributed by atoms with van der Waals surface area (Å²) in [6, 6.07) is 1.12. The third-order valence-corrected chi connectivity index (χ3v) is 1.10. The SMILES string of the molecule is Cl.Nc1cnc(Cl)c(F)c1. The number of hydrogen-bond donors (Lipinski definition) is 1. The molecule has 0 aromatic carbocycles. The monoisotopic (exact) mass is 182 g/mol. The van der Waals surface area contributed by atoms with Gasteiger partial charge in [0.15, 0.2) is 11.0 Å². The lowest BCUT2D eigenvalue weighted by Gasteiger charge is -1.92. The summed E-state index contributed by atoms with van der Waals surface area (Å²) in [6.45, 7) is 0. The average molecular weight is 183 g/mol. The third kappa shape index (κ3) is 2.01. The molecular weight excluding hydrogens is 178 g/mol. The molecule has 0 amide bonds. The maximum Gasteiger partial charge on any atom is 0.164 e. The minimum Gasteiger partial charge on any atom is -0.397 e. The van der Waals surface area contributed by atoms with Crippen LogP contribution in [0.4, 0.5) is 10.1 Å². The summed E-state index contributed by atoms with van der Waals surface area (Å²) < 4.78 is 12.3. The summed E-state index contributed by atoms with van der Waals surface area (Å²) in [5, 5.41) is -0.149. The van der Waals surface area contributed by atoms with Crippen LogP contribution in [0.3, 0.4) is 0 Å². The fourth-order valence-corrected chi connectivity index (χ4v) is 0.539. The molecule has 0 fully saturated rings. The molecule has 1 aromatic rings. The van der Waals surface area contributed by atoms with Crippen molar-refractivity contribution in [3.63, 3.8) is 0 Å². The molecule has 0 aliphatic rings. The summed E-state index contributed by atoms with van der Waals surface area (Å²) in [5.41, 5.74) is 5.44. The Hall–Kier alpha value is -0.540. The van der Waals surface area contributed by atoms with Gasteiger partial charge in [-0.2, -0.15) is 0 Å². The van der Waals surface area contributed by atoms with Crippen molar-refractivity contribution in [3.05, 3.63) is 23.2 Å². The summed E-state index contributed by atoms with van der Waals surface area (Å²) in [5.74, 6) is -0.586. The van der Waals surface area contributed by atoms with Gasteiger partial charge in [0.2, 0.25) is 0 Å². The highest BCUT2D eigenvalue weighted by atomic mass is 35.5. The van der Waals surface area contributed by atoms with Crippen molar-refractivity contribution in [1.82, 2.24) is 4.98 Å². The maximum atomic E-state index is 12.3. The molecule has 1 aromatic heterocycles. The molecule has 5 heteroatoms. The second-order valence-electron chi connectivity index (χ2n) is 1.54. The Bertz CT molecular complexity index is 229. The standard InChI is InChI=1S/C5H4ClFN2.ClH/c6-5-4(7)1-3(8)2-9-5;/h1-2H,8H2;1H. The van der Waals surface area contributed by atoms with Gasteiger partial charge in [0.05, 0.1) is 11.9 Å². The van der Waals surface area contributed by atoms with E-state index in [1.807, 2.05) is 0 Å². The Kier molecular flexibility index (Phi) is 3.39.